The molecule has 1 aromatic heterocycles. The van der Waals surface area contributed by atoms with Gasteiger partial charge in [-0.05, 0) is 37.7 Å². The standard InChI is InChI=1S/C19H27ClN4O2/c1-13(25)24-8-4-2-3-5-17(24)14-6-9-23(10-7-14)19-16(20)11-15(12-22-19)18(21)26/h11-12,14,17H,2-10H2,1H3,(H2,21,26)/t17-/m1/s1. The maximum absolute atomic E-state index is 12.1. The van der Waals surface area contributed by atoms with Crippen LogP contribution in [0.25, 0.3) is 0 Å². The van der Waals surface area contributed by atoms with Crippen LogP contribution in [0.15, 0.2) is 12.3 Å². The van der Waals surface area contributed by atoms with Crippen LogP contribution in [-0.4, -0.2) is 47.4 Å². The minimum absolute atomic E-state index is 0.200. The van der Waals surface area contributed by atoms with Gasteiger partial charge in [0.1, 0.15) is 5.82 Å². The van der Waals surface area contributed by atoms with E-state index in [-0.39, 0.29) is 5.91 Å². The number of rotatable bonds is 3. The van der Waals surface area contributed by atoms with Crippen LogP contribution in [0.2, 0.25) is 5.02 Å². The average Bonchev–Trinajstić information content (AvgIpc) is 2.88. The van der Waals surface area contributed by atoms with Gasteiger partial charge < -0.3 is 15.5 Å². The third kappa shape index (κ3) is 4.11. The van der Waals surface area contributed by atoms with Crippen molar-refractivity contribution in [3.8, 4) is 0 Å². The lowest BCUT2D eigenvalue weighted by Gasteiger charge is -2.41. The van der Waals surface area contributed by atoms with Crippen LogP contribution in [0, 0.1) is 5.92 Å². The smallest absolute Gasteiger partial charge is 0.250 e. The van der Waals surface area contributed by atoms with E-state index in [9.17, 15) is 9.59 Å². The lowest BCUT2D eigenvalue weighted by Crippen LogP contribution is -2.47. The van der Waals surface area contributed by atoms with Crippen LogP contribution in [0.5, 0.6) is 0 Å². The Kier molecular flexibility index (Phi) is 6.01. The lowest BCUT2D eigenvalue weighted by atomic mass is 9.86. The highest BCUT2D eigenvalue weighted by Crippen LogP contribution is 2.33. The number of likely N-dealkylation sites (tertiary alicyclic amines) is 1. The average molecular weight is 379 g/mol. The van der Waals surface area contributed by atoms with Gasteiger partial charge in [0.2, 0.25) is 11.8 Å². The van der Waals surface area contributed by atoms with Crippen LogP contribution >= 0.6 is 11.6 Å². The summed E-state index contributed by atoms with van der Waals surface area (Å²) in [6.07, 6.45) is 8.16. The molecule has 0 bridgehead atoms. The Morgan fingerprint density at radius 2 is 1.88 bits per heavy atom. The number of carbonyl (C=O) groups is 2. The number of hydrogen-bond acceptors (Lipinski definition) is 4. The summed E-state index contributed by atoms with van der Waals surface area (Å²) in [5.41, 5.74) is 5.60. The summed E-state index contributed by atoms with van der Waals surface area (Å²) in [6, 6.07) is 1.94. The first-order valence-electron chi connectivity index (χ1n) is 9.45. The molecule has 1 atom stereocenters. The largest absolute Gasteiger partial charge is 0.366 e. The van der Waals surface area contributed by atoms with Gasteiger partial charge >= 0.3 is 0 Å². The molecule has 0 saturated carbocycles. The van der Waals surface area contributed by atoms with Crippen LogP contribution in [-0.2, 0) is 4.79 Å². The number of nitrogens with zero attached hydrogens (tertiary/aromatic N) is 3. The molecule has 2 N–H and O–H groups in total. The molecule has 2 aliphatic heterocycles. The minimum atomic E-state index is -0.526. The van der Waals surface area contributed by atoms with Crippen molar-refractivity contribution in [3.63, 3.8) is 0 Å². The monoisotopic (exact) mass is 378 g/mol. The molecule has 142 valence electrons. The number of primary amides is 1. The fourth-order valence-electron chi connectivity index (χ4n) is 4.31. The third-order valence-corrected chi connectivity index (χ3v) is 5.97. The van der Waals surface area contributed by atoms with Gasteiger partial charge in [0, 0.05) is 38.8 Å². The van der Waals surface area contributed by atoms with Crippen LogP contribution in [0.4, 0.5) is 5.82 Å². The van der Waals surface area contributed by atoms with E-state index >= 15 is 0 Å². The first-order chi connectivity index (χ1) is 12.5. The first-order valence-corrected chi connectivity index (χ1v) is 9.82. The molecule has 0 unspecified atom stereocenters. The molecule has 0 aromatic carbocycles. The van der Waals surface area contributed by atoms with Gasteiger partial charge in [0.05, 0.1) is 10.6 Å². The number of amides is 2. The molecule has 6 nitrogen and oxygen atoms in total. The fraction of sp³-hybridized carbons (Fsp3) is 0.632. The Morgan fingerprint density at radius 3 is 2.50 bits per heavy atom. The van der Waals surface area contributed by atoms with E-state index in [1.807, 2.05) is 0 Å². The summed E-state index contributed by atoms with van der Waals surface area (Å²) in [6.45, 7) is 4.30. The first kappa shape index (κ1) is 19.0. The normalized spacial score (nSPS) is 22.2. The van der Waals surface area contributed by atoms with Gasteiger partial charge in [-0.1, -0.05) is 24.4 Å². The number of halogens is 1. The van der Waals surface area contributed by atoms with Crippen LogP contribution < -0.4 is 10.6 Å². The zero-order valence-electron chi connectivity index (χ0n) is 15.3. The molecule has 0 spiro atoms. The second-order valence-corrected chi connectivity index (χ2v) is 7.75. The van der Waals surface area contributed by atoms with E-state index in [4.69, 9.17) is 17.3 Å². The summed E-state index contributed by atoms with van der Waals surface area (Å²) in [4.78, 5) is 31.9. The SMILES string of the molecule is CC(=O)N1CCCCC[C@@H]1C1CCN(c2ncc(C(N)=O)cc2Cl)CC1. The van der Waals surface area contributed by atoms with Gasteiger partial charge in [-0.15, -0.1) is 0 Å². The van der Waals surface area contributed by atoms with Crippen molar-refractivity contribution >= 4 is 29.2 Å². The Morgan fingerprint density at radius 1 is 1.15 bits per heavy atom. The summed E-state index contributed by atoms with van der Waals surface area (Å²) in [7, 11) is 0. The Bertz CT molecular complexity index is 674. The molecule has 7 heteroatoms. The van der Waals surface area contributed by atoms with E-state index in [1.165, 1.54) is 19.0 Å². The molecule has 1 aromatic rings. The topological polar surface area (TPSA) is 79.5 Å². The zero-order chi connectivity index (χ0) is 18.7. The van der Waals surface area contributed by atoms with E-state index in [2.05, 4.69) is 14.8 Å². The Hall–Kier alpha value is -1.82. The second kappa shape index (κ2) is 8.25. The maximum atomic E-state index is 12.1. The molecule has 2 aliphatic rings. The molecule has 0 aliphatic carbocycles. The molecule has 2 fully saturated rings. The molecule has 2 saturated heterocycles. The summed E-state index contributed by atoms with van der Waals surface area (Å²) in [5, 5.41) is 0.458. The number of nitrogens with two attached hydrogens (primary N) is 1. The molecular formula is C19H27ClN4O2. The number of aromatic nitrogens is 1. The van der Waals surface area contributed by atoms with E-state index in [1.54, 1.807) is 13.0 Å². The number of piperidine rings is 1. The van der Waals surface area contributed by atoms with Crippen LogP contribution in [0.3, 0.4) is 0 Å². The molecular weight excluding hydrogens is 352 g/mol. The number of hydrogen-bond donors (Lipinski definition) is 1. The van der Waals surface area contributed by atoms with Crippen molar-refractivity contribution in [2.24, 2.45) is 11.7 Å². The predicted octanol–water partition coefficient (Wildman–Crippen LogP) is 2.84. The van der Waals surface area contributed by atoms with Crippen molar-refractivity contribution in [2.75, 3.05) is 24.5 Å². The Balaban J connectivity index is 1.67. The summed E-state index contributed by atoms with van der Waals surface area (Å²) >= 11 is 6.31. The van der Waals surface area contributed by atoms with Crippen LogP contribution in [0.1, 0.15) is 55.8 Å². The molecule has 0 radical (unpaired) electrons. The van der Waals surface area contributed by atoms with Crippen molar-refractivity contribution in [3.05, 3.63) is 22.8 Å². The second-order valence-electron chi connectivity index (χ2n) is 7.35. The molecule has 3 rings (SSSR count). The molecule has 2 amide bonds. The Labute approximate surface area is 159 Å². The third-order valence-electron chi connectivity index (χ3n) is 5.69. The van der Waals surface area contributed by atoms with Crippen molar-refractivity contribution in [1.82, 2.24) is 9.88 Å². The zero-order valence-corrected chi connectivity index (χ0v) is 16.0. The minimum Gasteiger partial charge on any atom is -0.366 e. The highest BCUT2D eigenvalue weighted by atomic mass is 35.5. The predicted molar refractivity (Wildman–Crippen MR) is 102 cm³/mol. The molecule has 3 heterocycles. The summed E-state index contributed by atoms with van der Waals surface area (Å²) in [5.74, 6) is 0.907. The maximum Gasteiger partial charge on any atom is 0.250 e. The van der Waals surface area contributed by atoms with Gasteiger partial charge in [-0.25, -0.2) is 4.98 Å². The summed E-state index contributed by atoms with van der Waals surface area (Å²) < 4.78 is 0. The van der Waals surface area contributed by atoms with Crippen molar-refractivity contribution in [2.45, 2.75) is 51.5 Å². The van der Waals surface area contributed by atoms with E-state index < -0.39 is 5.91 Å². The van der Waals surface area contributed by atoms with E-state index in [0.717, 1.165) is 45.3 Å². The quantitative estimate of drug-likeness (QED) is 0.877. The van der Waals surface area contributed by atoms with Crippen molar-refractivity contribution in [1.29, 1.82) is 0 Å². The highest BCUT2D eigenvalue weighted by molar-refractivity contribution is 6.33. The number of pyridine rings is 1. The van der Waals surface area contributed by atoms with Gasteiger partial charge in [0.25, 0.3) is 0 Å². The number of anilines is 1. The van der Waals surface area contributed by atoms with Crippen molar-refractivity contribution < 1.29 is 9.59 Å². The highest BCUT2D eigenvalue weighted by Gasteiger charge is 2.33. The lowest BCUT2D eigenvalue weighted by molar-refractivity contribution is -0.132. The fourth-order valence-corrected chi connectivity index (χ4v) is 4.60. The van der Waals surface area contributed by atoms with E-state index in [0.29, 0.717) is 28.4 Å². The number of carbonyl (C=O) groups excluding carboxylic acids is 2. The molecule has 26 heavy (non-hydrogen) atoms. The van der Waals surface area contributed by atoms with Gasteiger partial charge in [0.15, 0.2) is 0 Å². The van der Waals surface area contributed by atoms with Gasteiger partial charge in [-0.2, -0.15) is 0 Å². The van der Waals surface area contributed by atoms with Gasteiger partial charge in [-0.3, -0.25) is 9.59 Å².